The Labute approximate surface area is 232 Å². The van der Waals surface area contributed by atoms with Crippen LogP contribution in [-0.2, 0) is 44.7 Å². The fourth-order valence-electron chi connectivity index (χ4n) is 4.01. The van der Waals surface area contributed by atoms with E-state index >= 15 is 0 Å². The number of ether oxygens (including phenoxy) is 2. The summed E-state index contributed by atoms with van der Waals surface area (Å²) in [5.74, 6) is -3.23. The molecule has 1 N–H and O–H groups in total. The highest BCUT2D eigenvalue weighted by atomic mass is 19.4. The number of alkyl halides is 4. The van der Waals surface area contributed by atoms with E-state index < -0.39 is 42.8 Å². The van der Waals surface area contributed by atoms with Crippen molar-refractivity contribution in [1.29, 1.82) is 0 Å². The van der Waals surface area contributed by atoms with E-state index in [0.29, 0.717) is 18.4 Å². The zero-order valence-corrected chi connectivity index (χ0v) is 22.7. The van der Waals surface area contributed by atoms with Crippen LogP contribution < -0.4 is 0 Å². The fraction of sp³-hybridized carbons (Fsp3) is 0.419. The first-order valence-corrected chi connectivity index (χ1v) is 13.1. The molecule has 0 spiro atoms. The van der Waals surface area contributed by atoms with Crippen molar-refractivity contribution in [1.82, 2.24) is 0 Å². The molecule has 0 amide bonds. The van der Waals surface area contributed by atoms with Crippen molar-refractivity contribution in [2.75, 3.05) is 26.5 Å². The van der Waals surface area contributed by atoms with Crippen LogP contribution in [0.1, 0.15) is 53.5 Å². The lowest BCUT2D eigenvalue weighted by molar-refractivity contribution is -0.151. The van der Waals surface area contributed by atoms with Gasteiger partial charge in [0.05, 0.1) is 24.8 Å². The third kappa shape index (κ3) is 10.3. The highest BCUT2D eigenvalue weighted by Gasteiger charge is 2.38. The van der Waals surface area contributed by atoms with Crippen LogP contribution in [0.25, 0.3) is 0 Å². The Bertz CT molecular complexity index is 1160. The molecule has 0 aliphatic rings. The number of unbranched alkanes of at least 4 members (excludes halogenated alkanes) is 1. The molecule has 40 heavy (non-hydrogen) atoms. The number of rotatable bonds is 16. The van der Waals surface area contributed by atoms with Gasteiger partial charge in [-0.05, 0) is 66.3 Å². The molecule has 0 saturated heterocycles. The quantitative estimate of drug-likeness (QED) is 0.114. The first kappa shape index (κ1) is 32.8. The maximum Gasteiger partial charge on any atom is 0.422 e. The van der Waals surface area contributed by atoms with Crippen molar-refractivity contribution >= 4 is 11.9 Å². The van der Waals surface area contributed by atoms with Gasteiger partial charge in [-0.3, -0.25) is 4.39 Å². The molecular formula is C31H36F4O5. The number of aryl methyl sites for hydroxylation is 4. The van der Waals surface area contributed by atoms with Gasteiger partial charge in [-0.1, -0.05) is 62.5 Å². The Morgan fingerprint density at radius 3 is 2.02 bits per heavy atom. The monoisotopic (exact) mass is 564 g/mol. The molecule has 9 heteroatoms. The summed E-state index contributed by atoms with van der Waals surface area (Å²) in [7, 11) is 0. The van der Waals surface area contributed by atoms with Crippen molar-refractivity contribution < 1.29 is 41.7 Å². The Balaban J connectivity index is 2.15. The van der Waals surface area contributed by atoms with Gasteiger partial charge in [0.25, 0.3) is 0 Å². The molecule has 218 valence electrons. The number of carbonyl (C=O) groups is 2. The summed E-state index contributed by atoms with van der Waals surface area (Å²) in [6, 6.07) is 13.8. The van der Waals surface area contributed by atoms with Crippen molar-refractivity contribution in [3.63, 3.8) is 0 Å². The van der Waals surface area contributed by atoms with Crippen LogP contribution in [0, 0.1) is 0 Å². The minimum Gasteiger partial charge on any atom is -0.461 e. The topological polar surface area (TPSA) is 72.8 Å². The second kappa shape index (κ2) is 16.0. The molecule has 0 radical (unpaired) electrons. The minimum absolute atomic E-state index is 0.182. The van der Waals surface area contributed by atoms with Crippen molar-refractivity contribution in [2.24, 2.45) is 0 Å². The summed E-state index contributed by atoms with van der Waals surface area (Å²) >= 11 is 0. The zero-order chi connectivity index (χ0) is 29.7. The smallest absolute Gasteiger partial charge is 0.422 e. The van der Waals surface area contributed by atoms with Gasteiger partial charge in [0.1, 0.15) is 18.8 Å². The minimum atomic E-state index is -4.93. The van der Waals surface area contributed by atoms with E-state index in [-0.39, 0.29) is 18.9 Å². The first-order chi connectivity index (χ1) is 19.0. The number of aliphatic hydroxyl groups is 1. The predicted octanol–water partition coefficient (Wildman–Crippen LogP) is 6.16. The number of hydrogen-bond donors (Lipinski definition) is 1. The third-order valence-electron chi connectivity index (χ3n) is 6.54. The number of hydrogen-bond acceptors (Lipinski definition) is 5. The van der Waals surface area contributed by atoms with Gasteiger partial charge in [0.15, 0.2) is 0 Å². The average molecular weight is 565 g/mol. The number of benzene rings is 2. The summed E-state index contributed by atoms with van der Waals surface area (Å²) in [4.78, 5) is 23.9. The van der Waals surface area contributed by atoms with Gasteiger partial charge in [-0.2, -0.15) is 13.2 Å². The van der Waals surface area contributed by atoms with Crippen LogP contribution in [0.3, 0.4) is 0 Å². The maximum absolute atomic E-state index is 12.8. The Morgan fingerprint density at radius 2 is 1.48 bits per heavy atom. The standard InChI is InChI=1S/C31H36F4O5/c1-4-25-17-27(15-14-26(25)13-12-24-10-8-23(9-11-24)7-5-6-16-32)28(19-39-29(37)21(2)18-36)20-40-30(38)22(3)31(33,34)35/h8-11,14-15,17,28,36H,2-7,12-13,16,18-20H2,1H3. The average Bonchev–Trinajstić information content (AvgIpc) is 2.95. The van der Waals surface area contributed by atoms with E-state index in [1.807, 2.05) is 19.1 Å². The molecule has 0 bridgehead atoms. The van der Waals surface area contributed by atoms with Gasteiger partial charge < -0.3 is 14.6 Å². The van der Waals surface area contributed by atoms with Crippen LogP contribution in [0.5, 0.6) is 0 Å². The molecule has 0 fully saturated rings. The van der Waals surface area contributed by atoms with Crippen molar-refractivity contribution in [2.45, 2.75) is 57.5 Å². The van der Waals surface area contributed by atoms with Gasteiger partial charge in [0, 0.05) is 0 Å². The number of esters is 2. The SMILES string of the molecule is C=C(CO)C(=O)OCC(COC(=O)C(=C)C(F)(F)F)c1ccc(CCc2ccc(CCCCF)cc2)c(CC)c1. The van der Waals surface area contributed by atoms with E-state index in [4.69, 9.17) is 14.6 Å². The van der Waals surface area contributed by atoms with Crippen molar-refractivity contribution in [3.8, 4) is 0 Å². The molecule has 5 nitrogen and oxygen atoms in total. The molecule has 0 aliphatic heterocycles. The molecule has 1 unspecified atom stereocenters. The van der Waals surface area contributed by atoms with Gasteiger partial charge in [-0.25, -0.2) is 9.59 Å². The molecule has 0 saturated carbocycles. The summed E-state index contributed by atoms with van der Waals surface area (Å²) < 4.78 is 60.9. The Hall–Kier alpha value is -3.46. The Kier molecular flexibility index (Phi) is 13.1. The van der Waals surface area contributed by atoms with E-state index in [1.54, 1.807) is 6.07 Å². The predicted molar refractivity (Wildman–Crippen MR) is 145 cm³/mol. The summed E-state index contributed by atoms with van der Waals surface area (Å²) in [6.07, 6.45) is -0.492. The van der Waals surface area contributed by atoms with E-state index in [9.17, 15) is 27.2 Å². The highest BCUT2D eigenvalue weighted by Crippen LogP contribution is 2.27. The highest BCUT2D eigenvalue weighted by molar-refractivity contribution is 5.89. The fourth-order valence-corrected chi connectivity index (χ4v) is 4.01. The maximum atomic E-state index is 12.8. The Morgan fingerprint density at radius 1 is 0.875 bits per heavy atom. The lowest BCUT2D eigenvalue weighted by Gasteiger charge is -2.20. The van der Waals surface area contributed by atoms with E-state index in [0.717, 1.165) is 42.4 Å². The van der Waals surface area contributed by atoms with Crippen molar-refractivity contribution in [3.05, 3.63) is 94.6 Å². The lowest BCUT2D eigenvalue weighted by Crippen LogP contribution is -2.25. The lowest BCUT2D eigenvalue weighted by atomic mass is 9.92. The van der Waals surface area contributed by atoms with Crippen LogP contribution in [0.4, 0.5) is 17.6 Å². The second-order valence-electron chi connectivity index (χ2n) is 9.48. The van der Waals surface area contributed by atoms with E-state index in [1.165, 1.54) is 5.56 Å². The molecular weight excluding hydrogens is 528 g/mol. The molecule has 2 rings (SSSR count). The molecule has 0 aliphatic carbocycles. The van der Waals surface area contributed by atoms with E-state index in [2.05, 4.69) is 37.4 Å². The van der Waals surface area contributed by atoms with Gasteiger partial charge >= 0.3 is 18.1 Å². The number of halogens is 4. The largest absolute Gasteiger partial charge is 0.461 e. The third-order valence-corrected chi connectivity index (χ3v) is 6.54. The van der Waals surface area contributed by atoms with Crippen LogP contribution in [0.15, 0.2) is 66.8 Å². The van der Waals surface area contributed by atoms with Gasteiger partial charge in [0.2, 0.25) is 0 Å². The second-order valence-corrected chi connectivity index (χ2v) is 9.48. The molecule has 0 aromatic heterocycles. The molecule has 2 aromatic rings. The van der Waals surface area contributed by atoms with Gasteiger partial charge in [-0.15, -0.1) is 0 Å². The summed E-state index contributed by atoms with van der Waals surface area (Å²) in [5, 5.41) is 9.09. The summed E-state index contributed by atoms with van der Waals surface area (Å²) in [5.41, 5.74) is 3.22. The van der Waals surface area contributed by atoms with Crippen LogP contribution >= 0.6 is 0 Å². The number of carbonyl (C=O) groups excluding carboxylic acids is 2. The zero-order valence-electron chi connectivity index (χ0n) is 22.7. The molecule has 2 aromatic carbocycles. The normalized spacial score (nSPS) is 12.1. The van der Waals surface area contributed by atoms with Crippen LogP contribution in [0.2, 0.25) is 0 Å². The molecule has 0 heterocycles. The first-order valence-electron chi connectivity index (χ1n) is 13.1. The number of aliphatic hydroxyl groups excluding tert-OH is 1. The van der Waals surface area contributed by atoms with Crippen LogP contribution in [-0.4, -0.2) is 49.7 Å². The molecule has 1 atom stereocenters. The summed E-state index contributed by atoms with van der Waals surface area (Å²) in [6.45, 7) is 6.43.